The Bertz CT molecular complexity index is 1180. The lowest BCUT2D eigenvalue weighted by Gasteiger charge is -2.07. The third-order valence-electron chi connectivity index (χ3n) is 4.76. The SMILES string of the molecule is O=C(CCCc1nc2ccccc2c(=O)[nH]1)Nc1ccc(-c2ccccc2)cc1. The molecule has 0 saturated carbocycles. The Kier molecular flexibility index (Phi) is 5.47. The highest BCUT2D eigenvalue weighted by atomic mass is 16.1. The molecule has 0 radical (unpaired) electrons. The number of aryl methyl sites for hydroxylation is 1. The van der Waals surface area contributed by atoms with E-state index in [0.29, 0.717) is 36.0 Å². The number of carbonyl (C=O) groups excluding carboxylic acids is 1. The number of hydrogen-bond acceptors (Lipinski definition) is 3. The summed E-state index contributed by atoms with van der Waals surface area (Å²) in [4.78, 5) is 31.6. The fraction of sp³-hybridized carbons (Fsp3) is 0.125. The van der Waals surface area contributed by atoms with Crippen molar-refractivity contribution in [3.63, 3.8) is 0 Å². The normalized spacial score (nSPS) is 10.8. The predicted octanol–water partition coefficient (Wildman–Crippen LogP) is 4.55. The minimum atomic E-state index is -0.145. The second kappa shape index (κ2) is 8.52. The summed E-state index contributed by atoms with van der Waals surface area (Å²) >= 11 is 0. The molecule has 2 N–H and O–H groups in total. The van der Waals surface area contributed by atoms with Gasteiger partial charge in [0, 0.05) is 18.5 Å². The van der Waals surface area contributed by atoms with Crippen molar-refractivity contribution in [2.24, 2.45) is 0 Å². The predicted molar refractivity (Wildman–Crippen MR) is 116 cm³/mol. The van der Waals surface area contributed by atoms with Gasteiger partial charge in [0.25, 0.3) is 5.56 Å². The molecule has 0 spiro atoms. The van der Waals surface area contributed by atoms with E-state index in [4.69, 9.17) is 0 Å². The Labute approximate surface area is 168 Å². The summed E-state index contributed by atoms with van der Waals surface area (Å²) in [6, 6.07) is 25.1. The topological polar surface area (TPSA) is 74.8 Å². The highest BCUT2D eigenvalue weighted by molar-refractivity contribution is 5.91. The third kappa shape index (κ3) is 4.58. The van der Waals surface area contributed by atoms with Gasteiger partial charge >= 0.3 is 0 Å². The first-order valence-corrected chi connectivity index (χ1v) is 9.62. The molecular weight excluding hydrogens is 362 g/mol. The van der Waals surface area contributed by atoms with Crippen LogP contribution in [0.1, 0.15) is 18.7 Å². The van der Waals surface area contributed by atoms with Crippen molar-refractivity contribution in [2.45, 2.75) is 19.3 Å². The summed E-state index contributed by atoms with van der Waals surface area (Å²) in [5, 5.41) is 3.49. The molecule has 0 atom stereocenters. The van der Waals surface area contributed by atoms with E-state index in [0.717, 1.165) is 16.8 Å². The summed E-state index contributed by atoms with van der Waals surface area (Å²) in [6.07, 6.45) is 1.51. The zero-order valence-electron chi connectivity index (χ0n) is 15.9. The van der Waals surface area contributed by atoms with E-state index >= 15 is 0 Å². The van der Waals surface area contributed by atoms with E-state index < -0.39 is 0 Å². The van der Waals surface area contributed by atoms with Crippen molar-refractivity contribution in [1.29, 1.82) is 0 Å². The van der Waals surface area contributed by atoms with E-state index in [-0.39, 0.29) is 11.5 Å². The van der Waals surface area contributed by atoms with Crippen molar-refractivity contribution in [3.05, 3.63) is 95.0 Å². The van der Waals surface area contributed by atoms with E-state index in [1.807, 2.05) is 60.7 Å². The summed E-state index contributed by atoms with van der Waals surface area (Å²) in [7, 11) is 0. The number of para-hydroxylation sites is 1. The lowest BCUT2D eigenvalue weighted by atomic mass is 10.1. The first-order chi connectivity index (χ1) is 14.2. The molecular formula is C24H21N3O2. The Balaban J connectivity index is 1.32. The van der Waals surface area contributed by atoms with Gasteiger partial charge < -0.3 is 10.3 Å². The van der Waals surface area contributed by atoms with Gasteiger partial charge in [0.2, 0.25) is 5.91 Å². The molecule has 0 aliphatic carbocycles. The molecule has 29 heavy (non-hydrogen) atoms. The van der Waals surface area contributed by atoms with Gasteiger partial charge in [-0.25, -0.2) is 4.98 Å². The van der Waals surface area contributed by atoms with Gasteiger partial charge in [-0.05, 0) is 41.8 Å². The van der Waals surface area contributed by atoms with Crippen LogP contribution in [0.4, 0.5) is 5.69 Å². The van der Waals surface area contributed by atoms with Gasteiger partial charge in [-0.3, -0.25) is 9.59 Å². The van der Waals surface area contributed by atoms with Crippen molar-refractivity contribution >= 4 is 22.5 Å². The van der Waals surface area contributed by atoms with Crippen LogP contribution in [0.3, 0.4) is 0 Å². The maximum atomic E-state index is 12.2. The number of aromatic nitrogens is 2. The Hall–Kier alpha value is -3.73. The number of hydrogen-bond donors (Lipinski definition) is 2. The molecule has 0 aliphatic heterocycles. The fourth-order valence-electron chi connectivity index (χ4n) is 3.27. The van der Waals surface area contributed by atoms with E-state index in [9.17, 15) is 9.59 Å². The molecule has 5 heteroatoms. The summed E-state index contributed by atoms with van der Waals surface area (Å²) in [6.45, 7) is 0. The second-order valence-corrected chi connectivity index (χ2v) is 6.87. The number of nitrogens with zero attached hydrogens (tertiary/aromatic N) is 1. The molecule has 0 aliphatic rings. The van der Waals surface area contributed by atoms with Crippen LogP contribution in [0.15, 0.2) is 83.7 Å². The largest absolute Gasteiger partial charge is 0.326 e. The molecule has 1 amide bonds. The zero-order chi connectivity index (χ0) is 20.1. The number of fused-ring (bicyclic) bond motifs is 1. The van der Waals surface area contributed by atoms with Gasteiger partial charge in [-0.2, -0.15) is 0 Å². The molecule has 3 aromatic carbocycles. The molecule has 1 heterocycles. The fourth-order valence-corrected chi connectivity index (χ4v) is 3.27. The Morgan fingerprint density at radius 1 is 0.862 bits per heavy atom. The van der Waals surface area contributed by atoms with E-state index in [1.54, 1.807) is 6.07 Å². The van der Waals surface area contributed by atoms with Crippen LogP contribution in [0.5, 0.6) is 0 Å². The summed E-state index contributed by atoms with van der Waals surface area (Å²) < 4.78 is 0. The number of rotatable bonds is 6. The molecule has 4 aromatic rings. The third-order valence-corrected chi connectivity index (χ3v) is 4.76. The molecule has 0 bridgehead atoms. The molecule has 0 fully saturated rings. The molecule has 5 nitrogen and oxygen atoms in total. The molecule has 1 aromatic heterocycles. The van der Waals surface area contributed by atoms with Crippen LogP contribution in [0.25, 0.3) is 22.0 Å². The Morgan fingerprint density at radius 2 is 1.55 bits per heavy atom. The van der Waals surface area contributed by atoms with Gasteiger partial charge in [0.05, 0.1) is 10.9 Å². The highest BCUT2D eigenvalue weighted by Gasteiger charge is 2.06. The quantitative estimate of drug-likeness (QED) is 0.513. The molecule has 144 valence electrons. The lowest BCUT2D eigenvalue weighted by Crippen LogP contribution is -2.14. The maximum Gasteiger partial charge on any atom is 0.258 e. The summed E-state index contributed by atoms with van der Waals surface area (Å²) in [5.74, 6) is 0.550. The van der Waals surface area contributed by atoms with Crippen LogP contribution < -0.4 is 10.9 Å². The summed E-state index contributed by atoms with van der Waals surface area (Å²) in [5.41, 5.74) is 3.55. The van der Waals surface area contributed by atoms with Crippen LogP contribution in [-0.2, 0) is 11.2 Å². The number of carbonyl (C=O) groups is 1. The van der Waals surface area contributed by atoms with E-state index in [2.05, 4.69) is 27.4 Å². The second-order valence-electron chi connectivity index (χ2n) is 6.87. The first-order valence-electron chi connectivity index (χ1n) is 9.62. The van der Waals surface area contributed by atoms with Crippen molar-refractivity contribution in [1.82, 2.24) is 9.97 Å². The zero-order valence-corrected chi connectivity index (χ0v) is 15.9. The van der Waals surface area contributed by atoms with Crippen molar-refractivity contribution in [3.8, 4) is 11.1 Å². The minimum absolute atomic E-state index is 0.0550. The maximum absolute atomic E-state index is 12.2. The average Bonchev–Trinajstić information content (AvgIpc) is 2.75. The minimum Gasteiger partial charge on any atom is -0.326 e. The molecule has 4 rings (SSSR count). The molecule has 0 unspecified atom stereocenters. The van der Waals surface area contributed by atoms with Gasteiger partial charge in [0.1, 0.15) is 5.82 Å². The number of anilines is 1. The number of aromatic amines is 1. The van der Waals surface area contributed by atoms with Crippen molar-refractivity contribution in [2.75, 3.05) is 5.32 Å². The monoisotopic (exact) mass is 383 g/mol. The van der Waals surface area contributed by atoms with Crippen LogP contribution in [0, 0.1) is 0 Å². The number of amides is 1. The van der Waals surface area contributed by atoms with E-state index in [1.165, 1.54) is 0 Å². The smallest absolute Gasteiger partial charge is 0.258 e. The van der Waals surface area contributed by atoms with Gasteiger partial charge in [0.15, 0.2) is 0 Å². The van der Waals surface area contributed by atoms with Crippen LogP contribution in [-0.4, -0.2) is 15.9 Å². The number of nitrogens with one attached hydrogen (secondary N) is 2. The molecule has 0 saturated heterocycles. The highest BCUT2D eigenvalue weighted by Crippen LogP contribution is 2.21. The van der Waals surface area contributed by atoms with Gasteiger partial charge in [-0.1, -0.05) is 54.6 Å². The van der Waals surface area contributed by atoms with Gasteiger partial charge in [-0.15, -0.1) is 0 Å². The average molecular weight is 383 g/mol. The standard InChI is InChI=1S/C24H21N3O2/c28-23(25-19-15-13-18(14-16-19)17-7-2-1-3-8-17)12-6-11-22-26-21-10-5-4-9-20(21)24(29)27-22/h1-5,7-10,13-16H,6,11-12H2,(H,25,28)(H,26,27,29). The Morgan fingerprint density at radius 3 is 2.34 bits per heavy atom. The number of H-pyrrole nitrogens is 1. The number of benzene rings is 3. The lowest BCUT2D eigenvalue weighted by molar-refractivity contribution is -0.116. The van der Waals surface area contributed by atoms with Crippen molar-refractivity contribution < 1.29 is 4.79 Å². The van der Waals surface area contributed by atoms with Crippen LogP contribution >= 0.6 is 0 Å². The van der Waals surface area contributed by atoms with Crippen LogP contribution in [0.2, 0.25) is 0 Å². The first kappa shape index (κ1) is 18.6.